The van der Waals surface area contributed by atoms with Crippen LogP contribution in [0.25, 0.3) is 0 Å². The van der Waals surface area contributed by atoms with E-state index in [0.29, 0.717) is 26.1 Å². The third-order valence-electron chi connectivity index (χ3n) is 6.47. The Morgan fingerprint density at radius 2 is 1.93 bits per heavy atom. The quantitative estimate of drug-likeness (QED) is 0.888. The van der Waals surface area contributed by atoms with E-state index >= 15 is 0 Å². The topological polar surface area (TPSA) is 66.6 Å². The van der Waals surface area contributed by atoms with Crippen LogP contribution in [0.1, 0.15) is 51.7 Å². The molecular formula is C22H33N3O2. The van der Waals surface area contributed by atoms with Gasteiger partial charge in [-0.1, -0.05) is 52.0 Å². The number of piperidine rings is 1. The summed E-state index contributed by atoms with van der Waals surface area (Å²) in [6, 6.07) is 7.85. The maximum absolute atomic E-state index is 13.5. The maximum Gasteiger partial charge on any atom is 0.245 e. The van der Waals surface area contributed by atoms with Crippen LogP contribution in [0.15, 0.2) is 24.3 Å². The van der Waals surface area contributed by atoms with E-state index in [2.05, 4.69) is 26.0 Å². The van der Waals surface area contributed by atoms with Gasteiger partial charge in [0.05, 0.1) is 0 Å². The Morgan fingerprint density at radius 1 is 1.26 bits per heavy atom. The van der Waals surface area contributed by atoms with Crippen LogP contribution in [0.3, 0.4) is 0 Å². The molecule has 1 aromatic carbocycles. The molecule has 1 saturated heterocycles. The minimum absolute atomic E-state index is 0.0705. The molecule has 3 unspecified atom stereocenters. The molecule has 5 heteroatoms. The molecule has 2 N–H and O–H groups in total. The number of carbonyl (C=O) groups is 2. The fourth-order valence-corrected chi connectivity index (χ4v) is 4.21. The van der Waals surface area contributed by atoms with Crippen LogP contribution in [0.2, 0.25) is 0 Å². The number of nitrogens with two attached hydrogens (primary N) is 1. The van der Waals surface area contributed by atoms with Crippen molar-refractivity contribution in [1.29, 1.82) is 0 Å². The van der Waals surface area contributed by atoms with Crippen molar-refractivity contribution in [2.75, 3.05) is 13.1 Å². The van der Waals surface area contributed by atoms with Crippen LogP contribution in [-0.2, 0) is 22.6 Å². The second-order valence-electron chi connectivity index (χ2n) is 8.91. The van der Waals surface area contributed by atoms with Gasteiger partial charge in [0.1, 0.15) is 6.04 Å². The van der Waals surface area contributed by atoms with Crippen molar-refractivity contribution >= 4 is 11.8 Å². The first-order chi connectivity index (χ1) is 12.7. The molecule has 148 valence electrons. The molecule has 5 nitrogen and oxygen atoms in total. The van der Waals surface area contributed by atoms with Crippen molar-refractivity contribution in [2.24, 2.45) is 17.1 Å². The summed E-state index contributed by atoms with van der Waals surface area (Å²) < 4.78 is 0. The smallest absolute Gasteiger partial charge is 0.245 e. The summed E-state index contributed by atoms with van der Waals surface area (Å²) in [5.74, 6) is 0.0798. The Bertz CT molecular complexity index is 715. The molecule has 1 fully saturated rings. The molecule has 0 bridgehead atoms. The monoisotopic (exact) mass is 371 g/mol. The van der Waals surface area contributed by atoms with Crippen LogP contribution < -0.4 is 5.73 Å². The summed E-state index contributed by atoms with van der Waals surface area (Å²) in [5, 5.41) is 0. The van der Waals surface area contributed by atoms with Crippen LogP contribution in [-0.4, -0.2) is 46.8 Å². The third-order valence-corrected chi connectivity index (χ3v) is 6.47. The zero-order chi connectivity index (χ0) is 19.8. The van der Waals surface area contributed by atoms with Crippen LogP contribution in [0, 0.1) is 11.3 Å². The molecule has 0 aromatic heterocycles. The van der Waals surface area contributed by atoms with E-state index in [1.54, 1.807) is 0 Å². The highest BCUT2D eigenvalue weighted by Gasteiger charge is 2.41. The van der Waals surface area contributed by atoms with Gasteiger partial charge in [-0.25, -0.2) is 0 Å². The molecule has 0 radical (unpaired) electrons. The molecule has 2 amide bonds. The molecule has 2 aliphatic heterocycles. The molecule has 3 atom stereocenters. The Kier molecular flexibility index (Phi) is 5.61. The number of carbonyl (C=O) groups excluding carboxylic acids is 2. The maximum atomic E-state index is 13.5. The number of benzene rings is 1. The Hall–Kier alpha value is -1.88. The number of nitrogens with zero attached hydrogens (tertiary/aromatic N) is 2. The highest BCUT2D eigenvalue weighted by molar-refractivity contribution is 5.89. The third kappa shape index (κ3) is 3.88. The van der Waals surface area contributed by atoms with E-state index in [4.69, 9.17) is 5.73 Å². The Balaban J connectivity index is 1.88. The van der Waals surface area contributed by atoms with Crippen molar-refractivity contribution < 1.29 is 9.59 Å². The Labute approximate surface area is 162 Å². The number of hydrogen-bond acceptors (Lipinski definition) is 3. The van der Waals surface area contributed by atoms with Crippen molar-refractivity contribution in [2.45, 2.75) is 65.6 Å². The normalized spacial score (nSPS) is 25.7. The predicted molar refractivity (Wildman–Crippen MR) is 107 cm³/mol. The number of hydrogen-bond donors (Lipinski definition) is 1. The molecule has 2 aliphatic rings. The molecular weight excluding hydrogens is 338 g/mol. The number of rotatable bonds is 3. The summed E-state index contributed by atoms with van der Waals surface area (Å²) in [5.41, 5.74) is 8.47. The minimum Gasteiger partial charge on any atom is -0.340 e. The lowest BCUT2D eigenvalue weighted by molar-refractivity contribution is -0.151. The van der Waals surface area contributed by atoms with Crippen LogP contribution >= 0.6 is 0 Å². The van der Waals surface area contributed by atoms with E-state index in [0.717, 1.165) is 18.4 Å². The van der Waals surface area contributed by atoms with E-state index in [-0.39, 0.29) is 29.2 Å². The van der Waals surface area contributed by atoms with Gasteiger partial charge in [0, 0.05) is 38.0 Å². The van der Waals surface area contributed by atoms with Gasteiger partial charge in [0.25, 0.3) is 0 Å². The summed E-state index contributed by atoms with van der Waals surface area (Å²) in [6.45, 7) is 10.1. The van der Waals surface area contributed by atoms with Gasteiger partial charge in [-0.05, 0) is 29.4 Å². The molecule has 27 heavy (non-hydrogen) atoms. The molecule has 0 aliphatic carbocycles. The van der Waals surface area contributed by atoms with Crippen LogP contribution in [0.4, 0.5) is 0 Å². The van der Waals surface area contributed by atoms with Crippen LogP contribution in [0.5, 0.6) is 0 Å². The average Bonchev–Trinajstić information content (AvgIpc) is 2.67. The molecule has 1 aromatic rings. The van der Waals surface area contributed by atoms with Gasteiger partial charge in [-0.15, -0.1) is 0 Å². The zero-order valence-corrected chi connectivity index (χ0v) is 17.1. The lowest BCUT2D eigenvalue weighted by atomic mass is 9.79. The molecule has 2 heterocycles. The zero-order valence-electron chi connectivity index (χ0n) is 17.1. The SMILES string of the molecule is CCC(C)C(=O)N1Cc2ccccc2CC1C(=O)N1CCC(N)C(C)(C)C1. The van der Waals surface area contributed by atoms with Gasteiger partial charge in [-0.2, -0.15) is 0 Å². The molecule has 0 saturated carbocycles. The van der Waals surface area contributed by atoms with Crippen molar-refractivity contribution in [1.82, 2.24) is 9.80 Å². The number of amides is 2. The lowest BCUT2D eigenvalue weighted by Gasteiger charge is -2.46. The van der Waals surface area contributed by atoms with Gasteiger partial charge < -0.3 is 15.5 Å². The van der Waals surface area contributed by atoms with E-state index in [1.807, 2.05) is 35.8 Å². The Morgan fingerprint density at radius 3 is 2.56 bits per heavy atom. The first kappa shape index (κ1) is 19.9. The van der Waals surface area contributed by atoms with Crippen molar-refractivity contribution in [3.63, 3.8) is 0 Å². The highest BCUT2D eigenvalue weighted by Crippen LogP contribution is 2.31. The first-order valence-electron chi connectivity index (χ1n) is 10.2. The van der Waals surface area contributed by atoms with Gasteiger partial charge in [-0.3, -0.25) is 9.59 Å². The minimum atomic E-state index is -0.411. The molecule has 3 rings (SSSR count). The second kappa shape index (κ2) is 7.63. The highest BCUT2D eigenvalue weighted by atomic mass is 16.2. The second-order valence-corrected chi connectivity index (χ2v) is 8.91. The standard InChI is InChI=1S/C22H33N3O2/c1-5-15(2)20(26)25-13-17-9-7-6-8-16(17)12-18(25)21(27)24-11-10-19(23)22(3,4)14-24/h6-9,15,18-19H,5,10-14,23H2,1-4H3. The number of fused-ring (bicyclic) bond motifs is 1. The van der Waals surface area contributed by atoms with E-state index in [9.17, 15) is 9.59 Å². The van der Waals surface area contributed by atoms with Gasteiger partial charge in [0.2, 0.25) is 11.8 Å². The first-order valence-corrected chi connectivity index (χ1v) is 10.2. The summed E-state index contributed by atoms with van der Waals surface area (Å²) >= 11 is 0. The van der Waals surface area contributed by atoms with Crippen molar-refractivity contribution in [3.05, 3.63) is 35.4 Å². The summed E-state index contributed by atoms with van der Waals surface area (Å²) in [4.78, 5) is 30.3. The fraction of sp³-hybridized carbons (Fsp3) is 0.636. The average molecular weight is 372 g/mol. The summed E-state index contributed by atoms with van der Waals surface area (Å²) in [7, 11) is 0. The van der Waals surface area contributed by atoms with E-state index < -0.39 is 6.04 Å². The van der Waals surface area contributed by atoms with Gasteiger partial charge in [0.15, 0.2) is 0 Å². The largest absolute Gasteiger partial charge is 0.340 e. The number of likely N-dealkylation sites (tertiary alicyclic amines) is 1. The van der Waals surface area contributed by atoms with Gasteiger partial charge >= 0.3 is 0 Å². The predicted octanol–water partition coefficient (Wildman–Crippen LogP) is 2.57. The van der Waals surface area contributed by atoms with E-state index in [1.165, 1.54) is 5.56 Å². The van der Waals surface area contributed by atoms with Crippen molar-refractivity contribution in [3.8, 4) is 0 Å². The lowest BCUT2D eigenvalue weighted by Crippen LogP contribution is -2.60. The summed E-state index contributed by atoms with van der Waals surface area (Å²) in [6.07, 6.45) is 2.19. The molecule has 0 spiro atoms. The fourth-order valence-electron chi connectivity index (χ4n) is 4.21.